The van der Waals surface area contributed by atoms with E-state index in [0.29, 0.717) is 6.61 Å². The Morgan fingerprint density at radius 2 is 1.86 bits per heavy atom. The summed E-state index contributed by atoms with van der Waals surface area (Å²) in [5.41, 5.74) is 4.98. The number of benzene rings is 1. The van der Waals surface area contributed by atoms with Crippen LogP contribution in [0.25, 0.3) is 24.3 Å². The van der Waals surface area contributed by atoms with E-state index in [4.69, 9.17) is 4.74 Å². The van der Waals surface area contributed by atoms with Crippen molar-refractivity contribution in [2.75, 3.05) is 0 Å². The summed E-state index contributed by atoms with van der Waals surface area (Å²) < 4.78 is 7.83. The fourth-order valence-electron chi connectivity index (χ4n) is 2.84. The second-order valence-corrected chi connectivity index (χ2v) is 6.64. The molecule has 5 heteroatoms. The van der Waals surface area contributed by atoms with Crippen LogP contribution in [-0.2, 0) is 13.7 Å². The Labute approximate surface area is 170 Å². The summed E-state index contributed by atoms with van der Waals surface area (Å²) in [6, 6.07) is 19.9. The van der Waals surface area contributed by atoms with Crippen LogP contribution < -0.4 is 4.74 Å². The molecule has 1 N–H and O–H groups in total. The molecular formula is C24H22N4O. The normalized spacial score (nSPS) is 11.5. The predicted molar refractivity (Wildman–Crippen MR) is 117 cm³/mol. The number of hydrogen-bond donors (Lipinski definition) is 1. The van der Waals surface area contributed by atoms with Gasteiger partial charge in [0.15, 0.2) is 0 Å². The number of hydrogen-bond acceptors (Lipinski definition) is 3. The maximum Gasteiger partial charge on any atom is 0.130 e. The van der Waals surface area contributed by atoms with Crippen molar-refractivity contribution >= 4 is 24.3 Å². The second kappa shape index (κ2) is 8.89. The molecule has 0 fully saturated rings. The minimum absolute atomic E-state index is 0.461. The number of rotatable bonds is 7. The quantitative estimate of drug-likeness (QED) is 0.486. The Balaban J connectivity index is 1.34. The summed E-state index contributed by atoms with van der Waals surface area (Å²) in [6.07, 6.45) is 11.9. The Kier molecular flexibility index (Phi) is 5.67. The van der Waals surface area contributed by atoms with Gasteiger partial charge in [-0.3, -0.25) is 10.1 Å². The molecule has 4 rings (SSSR count). The van der Waals surface area contributed by atoms with Gasteiger partial charge >= 0.3 is 0 Å². The third kappa shape index (κ3) is 5.11. The number of ether oxygens (including phenoxy) is 1. The Bertz CT molecular complexity index is 1110. The lowest BCUT2D eigenvalue weighted by Crippen LogP contribution is -1.97. The van der Waals surface area contributed by atoms with Crippen molar-refractivity contribution in [1.29, 1.82) is 0 Å². The number of nitrogens with zero attached hydrogens (tertiary/aromatic N) is 3. The van der Waals surface area contributed by atoms with E-state index in [1.54, 1.807) is 6.20 Å². The van der Waals surface area contributed by atoms with Crippen molar-refractivity contribution < 1.29 is 4.74 Å². The number of H-pyrrole nitrogens is 1. The molecule has 0 aliphatic rings. The number of aromatic amines is 1. The molecule has 3 aromatic heterocycles. The minimum atomic E-state index is 0.461. The Morgan fingerprint density at radius 3 is 2.62 bits per heavy atom. The fourth-order valence-corrected chi connectivity index (χ4v) is 2.84. The van der Waals surface area contributed by atoms with Crippen LogP contribution in [-0.4, -0.2) is 19.7 Å². The number of pyridine rings is 1. The van der Waals surface area contributed by atoms with E-state index in [0.717, 1.165) is 34.1 Å². The van der Waals surface area contributed by atoms with Crippen molar-refractivity contribution in [3.63, 3.8) is 0 Å². The molecule has 0 saturated carbocycles. The number of aromatic nitrogens is 4. The lowest BCUT2D eigenvalue weighted by atomic mass is 10.2. The maximum atomic E-state index is 5.77. The first-order chi connectivity index (χ1) is 14.3. The molecular weight excluding hydrogens is 360 g/mol. The van der Waals surface area contributed by atoms with Gasteiger partial charge in [-0.2, -0.15) is 5.10 Å². The molecule has 0 bridgehead atoms. The van der Waals surface area contributed by atoms with Gasteiger partial charge in [-0.25, -0.2) is 0 Å². The average molecular weight is 382 g/mol. The first-order valence-electron chi connectivity index (χ1n) is 9.42. The highest BCUT2D eigenvalue weighted by atomic mass is 16.5. The lowest BCUT2D eigenvalue weighted by molar-refractivity contribution is 0.301. The first kappa shape index (κ1) is 18.5. The summed E-state index contributed by atoms with van der Waals surface area (Å²) in [5, 5.41) is 7.37. The monoisotopic (exact) mass is 382 g/mol. The zero-order valence-corrected chi connectivity index (χ0v) is 16.2. The fraction of sp³-hybridized carbons (Fsp3) is 0.0833. The van der Waals surface area contributed by atoms with E-state index < -0.39 is 0 Å². The van der Waals surface area contributed by atoms with E-state index >= 15 is 0 Å². The predicted octanol–water partition coefficient (Wildman–Crippen LogP) is 5.06. The molecule has 0 unspecified atom stereocenters. The zero-order valence-electron chi connectivity index (χ0n) is 16.2. The van der Waals surface area contributed by atoms with Gasteiger partial charge in [0.05, 0.1) is 17.1 Å². The van der Waals surface area contributed by atoms with Crippen molar-refractivity contribution in [2.24, 2.45) is 7.05 Å². The molecule has 29 heavy (non-hydrogen) atoms. The maximum absolute atomic E-state index is 5.77. The van der Waals surface area contributed by atoms with Gasteiger partial charge in [-0.05, 0) is 66.3 Å². The van der Waals surface area contributed by atoms with E-state index in [2.05, 4.69) is 31.9 Å². The molecule has 4 aromatic rings. The molecule has 0 radical (unpaired) electrons. The van der Waals surface area contributed by atoms with Crippen LogP contribution in [0.2, 0.25) is 0 Å². The summed E-state index contributed by atoms with van der Waals surface area (Å²) in [5.74, 6) is 0.820. The van der Waals surface area contributed by atoms with E-state index in [9.17, 15) is 0 Å². The van der Waals surface area contributed by atoms with Gasteiger partial charge < -0.3 is 9.30 Å². The summed E-state index contributed by atoms with van der Waals surface area (Å²) in [6.45, 7) is 0.461. The van der Waals surface area contributed by atoms with Gasteiger partial charge in [-0.1, -0.05) is 24.3 Å². The van der Waals surface area contributed by atoms with Crippen LogP contribution in [0, 0.1) is 0 Å². The topological polar surface area (TPSA) is 55.7 Å². The third-order valence-corrected chi connectivity index (χ3v) is 4.47. The SMILES string of the molecule is Cn1cccc1C=Cc1cc(C=Cc2ccc(OCc3ccccn3)cc2)n[nH]1. The molecule has 0 saturated heterocycles. The van der Waals surface area contributed by atoms with E-state index in [1.807, 2.05) is 86.1 Å². The third-order valence-electron chi connectivity index (χ3n) is 4.47. The van der Waals surface area contributed by atoms with Gasteiger partial charge in [0, 0.05) is 25.1 Å². The highest BCUT2D eigenvalue weighted by Gasteiger charge is 1.98. The summed E-state index contributed by atoms with van der Waals surface area (Å²) in [4.78, 5) is 4.26. The smallest absolute Gasteiger partial charge is 0.130 e. The van der Waals surface area contributed by atoms with Crippen LogP contribution in [0.5, 0.6) is 5.75 Å². The van der Waals surface area contributed by atoms with E-state index in [-0.39, 0.29) is 0 Å². The molecule has 3 heterocycles. The van der Waals surface area contributed by atoms with Crippen molar-refractivity contribution in [3.8, 4) is 5.75 Å². The van der Waals surface area contributed by atoms with Crippen LogP contribution in [0.4, 0.5) is 0 Å². The number of aryl methyl sites for hydroxylation is 1. The molecule has 144 valence electrons. The molecule has 1 aromatic carbocycles. The van der Waals surface area contributed by atoms with Gasteiger partial charge in [0.2, 0.25) is 0 Å². The molecule has 0 aliphatic carbocycles. The van der Waals surface area contributed by atoms with Gasteiger partial charge in [-0.15, -0.1) is 0 Å². The average Bonchev–Trinajstić information content (AvgIpc) is 3.39. The Hall–Kier alpha value is -3.86. The molecule has 0 aliphatic heterocycles. The largest absolute Gasteiger partial charge is 0.487 e. The first-order valence-corrected chi connectivity index (χ1v) is 9.42. The Morgan fingerprint density at radius 1 is 0.966 bits per heavy atom. The van der Waals surface area contributed by atoms with E-state index in [1.165, 1.54) is 0 Å². The summed E-state index contributed by atoms with van der Waals surface area (Å²) in [7, 11) is 2.02. The zero-order chi connectivity index (χ0) is 19.9. The van der Waals surface area contributed by atoms with Crippen molar-refractivity contribution in [3.05, 3.63) is 101 Å². The van der Waals surface area contributed by atoms with Gasteiger partial charge in [0.25, 0.3) is 0 Å². The van der Waals surface area contributed by atoms with Crippen molar-refractivity contribution in [1.82, 2.24) is 19.7 Å². The highest BCUT2D eigenvalue weighted by molar-refractivity contribution is 5.71. The van der Waals surface area contributed by atoms with Crippen LogP contribution in [0.3, 0.4) is 0 Å². The molecule has 5 nitrogen and oxygen atoms in total. The molecule has 0 spiro atoms. The minimum Gasteiger partial charge on any atom is -0.487 e. The van der Waals surface area contributed by atoms with Crippen LogP contribution in [0.1, 0.15) is 28.3 Å². The lowest BCUT2D eigenvalue weighted by Gasteiger charge is -2.05. The molecule has 0 atom stereocenters. The van der Waals surface area contributed by atoms with Gasteiger partial charge in [0.1, 0.15) is 12.4 Å². The number of nitrogens with one attached hydrogen (secondary N) is 1. The van der Waals surface area contributed by atoms with Crippen LogP contribution in [0.15, 0.2) is 73.1 Å². The second-order valence-electron chi connectivity index (χ2n) is 6.64. The molecule has 0 amide bonds. The summed E-state index contributed by atoms with van der Waals surface area (Å²) >= 11 is 0. The van der Waals surface area contributed by atoms with Crippen LogP contribution >= 0.6 is 0 Å². The standard InChI is InChI=1S/C24H22N4O/c1-28-16-4-6-23(28)12-11-21-17-20(26-27-21)10-7-19-8-13-24(14-9-19)29-18-22-5-2-3-15-25-22/h2-17H,18H2,1H3,(H,26,27). The highest BCUT2D eigenvalue weighted by Crippen LogP contribution is 2.16. The van der Waals surface area contributed by atoms with Crippen molar-refractivity contribution in [2.45, 2.75) is 6.61 Å².